The Balaban J connectivity index is 1.59. The molecule has 2 nitrogen and oxygen atoms in total. The summed E-state index contributed by atoms with van der Waals surface area (Å²) in [5, 5.41) is 0. The van der Waals surface area contributed by atoms with Crippen LogP contribution in [0.25, 0.3) is 0 Å². The molecule has 1 heterocycles. The van der Waals surface area contributed by atoms with Crippen molar-refractivity contribution < 1.29 is 9.18 Å². The fraction of sp³-hybridized carbons (Fsp3) is 0.316. The number of carbonyl (C=O) groups excluding carboxylic acids is 1. The van der Waals surface area contributed by atoms with Crippen molar-refractivity contribution >= 4 is 27.5 Å². The van der Waals surface area contributed by atoms with Crippen molar-refractivity contribution in [1.29, 1.82) is 0 Å². The fourth-order valence-electron chi connectivity index (χ4n) is 3.34. The molecule has 1 aliphatic heterocycles. The van der Waals surface area contributed by atoms with Crippen molar-refractivity contribution in [2.75, 3.05) is 11.4 Å². The number of benzene rings is 2. The number of hydrogen-bond donors (Lipinski definition) is 0. The smallest absolute Gasteiger partial charge is 0.234 e. The van der Waals surface area contributed by atoms with E-state index in [4.69, 9.17) is 0 Å². The Morgan fingerprint density at radius 2 is 1.83 bits per heavy atom. The topological polar surface area (TPSA) is 20.3 Å². The van der Waals surface area contributed by atoms with E-state index in [1.165, 1.54) is 24.5 Å². The highest BCUT2D eigenvalue weighted by Gasteiger charge is 2.34. The number of amides is 1. The second-order valence-electron chi connectivity index (χ2n) is 6.37. The lowest BCUT2D eigenvalue weighted by molar-refractivity contribution is -0.118. The van der Waals surface area contributed by atoms with E-state index in [2.05, 4.69) is 34.1 Å². The van der Waals surface area contributed by atoms with Gasteiger partial charge in [-0.15, -0.1) is 0 Å². The molecule has 2 fully saturated rings. The maximum absolute atomic E-state index is 13.7. The molecule has 1 unspecified atom stereocenters. The summed E-state index contributed by atoms with van der Waals surface area (Å²) >= 11 is 3.15. The van der Waals surface area contributed by atoms with Gasteiger partial charge in [0.2, 0.25) is 5.91 Å². The minimum Gasteiger partial charge on any atom is -0.312 e. The van der Waals surface area contributed by atoms with Crippen LogP contribution in [0.3, 0.4) is 0 Å². The molecule has 0 bridgehead atoms. The molecule has 2 aromatic carbocycles. The minimum atomic E-state index is -0.338. The molecule has 4 heteroatoms. The van der Waals surface area contributed by atoms with E-state index in [0.717, 1.165) is 12.0 Å². The number of nitrogens with zero attached hydrogens (tertiary/aromatic N) is 1. The van der Waals surface area contributed by atoms with Crippen LogP contribution >= 0.6 is 15.9 Å². The van der Waals surface area contributed by atoms with Crippen LogP contribution in [0.5, 0.6) is 0 Å². The summed E-state index contributed by atoms with van der Waals surface area (Å²) in [6, 6.07) is 13.3. The second kappa shape index (κ2) is 5.75. The van der Waals surface area contributed by atoms with Crippen LogP contribution in [0, 0.1) is 5.82 Å². The van der Waals surface area contributed by atoms with Gasteiger partial charge in [-0.05, 0) is 70.4 Å². The summed E-state index contributed by atoms with van der Waals surface area (Å²) in [6.07, 6.45) is 3.29. The lowest BCUT2D eigenvalue weighted by Gasteiger charge is -2.17. The van der Waals surface area contributed by atoms with E-state index in [-0.39, 0.29) is 17.6 Å². The lowest BCUT2D eigenvalue weighted by atomic mass is 9.95. The molecular weight excluding hydrogens is 357 g/mol. The average Bonchev–Trinajstić information content (AvgIpc) is 3.33. The van der Waals surface area contributed by atoms with Gasteiger partial charge in [0.05, 0.1) is 10.4 Å². The van der Waals surface area contributed by atoms with Crippen LogP contribution in [-0.2, 0) is 4.79 Å². The Kier molecular flexibility index (Phi) is 3.72. The molecule has 118 valence electrons. The molecule has 0 aromatic heterocycles. The van der Waals surface area contributed by atoms with Gasteiger partial charge in [-0.25, -0.2) is 4.39 Å². The average molecular weight is 374 g/mol. The van der Waals surface area contributed by atoms with Gasteiger partial charge in [0, 0.05) is 12.2 Å². The monoisotopic (exact) mass is 373 g/mol. The van der Waals surface area contributed by atoms with Gasteiger partial charge in [0.15, 0.2) is 0 Å². The molecule has 23 heavy (non-hydrogen) atoms. The highest BCUT2D eigenvalue weighted by Crippen LogP contribution is 2.41. The summed E-state index contributed by atoms with van der Waals surface area (Å²) in [4.78, 5) is 14.5. The first-order valence-electron chi connectivity index (χ1n) is 8.00. The zero-order chi connectivity index (χ0) is 16.0. The van der Waals surface area contributed by atoms with Crippen LogP contribution in [0.4, 0.5) is 10.1 Å². The van der Waals surface area contributed by atoms with Gasteiger partial charge in [0.1, 0.15) is 5.82 Å². The van der Waals surface area contributed by atoms with Crippen molar-refractivity contribution in [3.8, 4) is 0 Å². The molecular formula is C19H17BrFNO. The molecule has 4 rings (SSSR count). The number of carbonyl (C=O) groups is 1. The van der Waals surface area contributed by atoms with E-state index >= 15 is 0 Å². The third kappa shape index (κ3) is 2.80. The summed E-state index contributed by atoms with van der Waals surface area (Å²) in [5.74, 6) is 0.303. The number of rotatable bonds is 3. The molecule has 0 radical (unpaired) electrons. The van der Waals surface area contributed by atoms with Crippen molar-refractivity contribution in [3.05, 3.63) is 63.9 Å². The van der Waals surface area contributed by atoms with Crippen LogP contribution in [0.1, 0.15) is 42.2 Å². The molecule has 1 amide bonds. The normalized spacial score (nSPS) is 21.0. The number of anilines is 1. The van der Waals surface area contributed by atoms with Gasteiger partial charge >= 0.3 is 0 Å². The molecule has 2 aliphatic rings. The maximum atomic E-state index is 13.7. The van der Waals surface area contributed by atoms with E-state index in [1.807, 2.05) is 6.07 Å². The standard InChI is InChI=1S/C19H17BrFNO/c20-17-7-6-15(11-18(17)21)22-9-8-16(19(22)23)14-3-1-2-13(10-14)12-4-5-12/h1-3,6-7,10-12,16H,4-5,8-9H2. The highest BCUT2D eigenvalue weighted by atomic mass is 79.9. The van der Waals surface area contributed by atoms with Crippen LogP contribution in [0.2, 0.25) is 0 Å². The van der Waals surface area contributed by atoms with Crippen molar-refractivity contribution in [1.82, 2.24) is 0 Å². The van der Waals surface area contributed by atoms with E-state index in [0.29, 0.717) is 22.6 Å². The zero-order valence-electron chi connectivity index (χ0n) is 12.6. The van der Waals surface area contributed by atoms with E-state index in [1.54, 1.807) is 17.0 Å². The Morgan fingerprint density at radius 3 is 2.57 bits per heavy atom. The van der Waals surface area contributed by atoms with Crippen LogP contribution < -0.4 is 4.90 Å². The molecule has 2 aromatic rings. The highest BCUT2D eigenvalue weighted by molar-refractivity contribution is 9.10. The number of hydrogen-bond acceptors (Lipinski definition) is 1. The van der Waals surface area contributed by atoms with Gasteiger partial charge in [-0.3, -0.25) is 4.79 Å². The maximum Gasteiger partial charge on any atom is 0.234 e. The summed E-state index contributed by atoms with van der Waals surface area (Å²) in [5.41, 5.74) is 3.08. The van der Waals surface area contributed by atoms with Gasteiger partial charge in [-0.1, -0.05) is 24.3 Å². The first kappa shape index (κ1) is 14.9. The SMILES string of the molecule is O=C1C(c2cccc(C3CC3)c2)CCN1c1ccc(Br)c(F)c1. The second-order valence-corrected chi connectivity index (χ2v) is 7.23. The Morgan fingerprint density at radius 1 is 1.04 bits per heavy atom. The Hall–Kier alpha value is -1.68. The van der Waals surface area contributed by atoms with Crippen molar-refractivity contribution in [2.45, 2.75) is 31.1 Å². The zero-order valence-corrected chi connectivity index (χ0v) is 14.2. The van der Waals surface area contributed by atoms with Crippen LogP contribution in [-0.4, -0.2) is 12.5 Å². The Bertz CT molecular complexity index is 772. The third-order valence-corrected chi connectivity index (χ3v) is 5.43. The molecule has 1 atom stereocenters. The molecule has 0 N–H and O–H groups in total. The van der Waals surface area contributed by atoms with E-state index < -0.39 is 0 Å². The minimum absolute atomic E-state index is 0.0691. The molecule has 1 saturated carbocycles. The number of halogens is 2. The first-order chi connectivity index (χ1) is 11.1. The van der Waals surface area contributed by atoms with Crippen molar-refractivity contribution in [3.63, 3.8) is 0 Å². The summed E-state index contributed by atoms with van der Waals surface area (Å²) < 4.78 is 14.2. The molecule has 1 aliphatic carbocycles. The third-order valence-electron chi connectivity index (χ3n) is 4.78. The fourth-order valence-corrected chi connectivity index (χ4v) is 3.59. The first-order valence-corrected chi connectivity index (χ1v) is 8.79. The predicted molar refractivity (Wildman–Crippen MR) is 92.2 cm³/mol. The van der Waals surface area contributed by atoms with Gasteiger partial charge in [0.25, 0.3) is 0 Å². The summed E-state index contributed by atoms with van der Waals surface area (Å²) in [6.45, 7) is 0.637. The van der Waals surface area contributed by atoms with Crippen LogP contribution in [0.15, 0.2) is 46.9 Å². The van der Waals surface area contributed by atoms with Gasteiger partial charge in [-0.2, -0.15) is 0 Å². The molecule has 1 saturated heterocycles. The van der Waals surface area contributed by atoms with E-state index in [9.17, 15) is 9.18 Å². The van der Waals surface area contributed by atoms with Crippen molar-refractivity contribution in [2.24, 2.45) is 0 Å². The summed E-state index contributed by atoms with van der Waals surface area (Å²) in [7, 11) is 0. The quantitative estimate of drug-likeness (QED) is 0.742. The largest absolute Gasteiger partial charge is 0.312 e. The van der Waals surface area contributed by atoms with Gasteiger partial charge < -0.3 is 4.90 Å². The molecule has 0 spiro atoms. The predicted octanol–water partition coefficient (Wildman–Crippen LogP) is 4.99. The Labute approximate surface area is 143 Å². The lowest BCUT2D eigenvalue weighted by Crippen LogP contribution is -2.26.